The Bertz CT molecular complexity index is 2090. The van der Waals surface area contributed by atoms with Crippen molar-refractivity contribution in [3.63, 3.8) is 0 Å². The molecule has 2 saturated carbocycles. The molecule has 252 valence electrons. The largest absolute Gasteiger partial charge is 0.483 e. The molecule has 8 rings (SSSR count). The van der Waals surface area contributed by atoms with Gasteiger partial charge in [-0.2, -0.15) is 13.2 Å². The van der Waals surface area contributed by atoms with Gasteiger partial charge in [0.2, 0.25) is 11.8 Å². The Hall–Kier alpha value is -3.78. The summed E-state index contributed by atoms with van der Waals surface area (Å²) in [4.78, 5) is 58.2. The average Bonchev–Trinajstić information content (AvgIpc) is 3.79. The Labute approximate surface area is 294 Å². The molecule has 2 N–H and O–H groups in total. The topological polar surface area (TPSA) is 109 Å². The number of nitrogens with zero attached hydrogens (tertiary/aromatic N) is 1. The number of thiazole rings is 1. The van der Waals surface area contributed by atoms with Crippen molar-refractivity contribution in [1.29, 1.82) is 0 Å². The first kappa shape index (κ1) is 32.4. The van der Waals surface area contributed by atoms with Gasteiger partial charge in [0.25, 0.3) is 5.91 Å². The molecule has 3 amide bonds. The van der Waals surface area contributed by atoms with Crippen LogP contribution in [0.1, 0.15) is 28.3 Å². The van der Waals surface area contributed by atoms with Crippen LogP contribution in [0.2, 0.25) is 10.0 Å². The number of aromatic nitrogens is 1. The van der Waals surface area contributed by atoms with E-state index in [0.717, 1.165) is 28.3 Å². The van der Waals surface area contributed by atoms with E-state index in [1.54, 1.807) is 42.5 Å². The van der Waals surface area contributed by atoms with Crippen LogP contribution in [0.4, 0.5) is 24.5 Å². The van der Waals surface area contributed by atoms with Crippen LogP contribution >= 0.6 is 46.3 Å². The summed E-state index contributed by atoms with van der Waals surface area (Å²) in [5.41, 5.74) is 0.150. The number of nitrogens with one attached hydrogen (secondary N) is 2. The molecule has 2 bridgehead atoms. The number of hydrogen-bond acceptors (Lipinski definition) is 7. The van der Waals surface area contributed by atoms with Gasteiger partial charge in [-0.1, -0.05) is 40.6 Å². The highest BCUT2D eigenvalue weighted by Gasteiger charge is 2.70. The number of anilines is 2. The van der Waals surface area contributed by atoms with Gasteiger partial charge >= 0.3 is 11.0 Å². The highest BCUT2D eigenvalue weighted by molar-refractivity contribution is 8.00. The van der Waals surface area contributed by atoms with E-state index in [2.05, 4.69) is 10.3 Å². The van der Waals surface area contributed by atoms with Crippen molar-refractivity contribution in [2.24, 2.45) is 29.6 Å². The van der Waals surface area contributed by atoms with Gasteiger partial charge in [-0.25, -0.2) is 0 Å². The van der Waals surface area contributed by atoms with Gasteiger partial charge in [0.05, 0.1) is 28.1 Å². The van der Waals surface area contributed by atoms with Gasteiger partial charge in [-0.05, 0) is 84.8 Å². The molecule has 15 heteroatoms. The van der Waals surface area contributed by atoms with Gasteiger partial charge in [0.15, 0.2) is 6.61 Å². The van der Waals surface area contributed by atoms with Crippen LogP contribution < -0.4 is 19.8 Å². The molecule has 7 atom stereocenters. The van der Waals surface area contributed by atoms with Crippen LogP contribution in [0.15, 0.2) is 76.6 Å². The van der Waals surface area contributed by atoms with E-state index in [-0.39, 0.29) is 45.4 Å². The maximum Gasteiger partial charge on any atom is 0.416 e. The lowest BCUT2D eigenvalue weighted by molar-refractivity contribution is -0.137. The van der Waals surface area contributed by atoms with Gasteiger partial charge in [0, 0.05) is 37.3 Å². The average molecular weight is 747 g/mol. The molecule has 2 aliphatic heterocycles. The Kier molecular flexibility index (Phi) is 7.89. The number of carbonyl (C=O) groups is 3. The van der Waals surface area contributed by atoms with Gasteiger partial charge in [0.1, 0.15) is 5.75 Å². The number of benzene rings is 3. The number of halogens is 5. The molecule has 6 unspecified atom stereocenters. The lowest BCUT2D eigenvalue weighted by Crippen LogP contribution is -2.42. The fourth-order valence-electron chi connectivity index (χ4n) is 8.22. The highest BCUT2D eigenvalue weighted by Crippen LogP contribution is 2.69. The molecule has 0 radical (unpaired) electrons. The van der Waals surface area contributed by atoms with Crippen LogP contribution in [-0.4, -0.2) is 34.6 Å². The van der Waals surface area contributed by atoms with Crippen molar-refractivity contribution in [2.75, 3.05) is 16.8 Å². The number of thioether (sulfide) groups is 1. The van der Waals surface area contributed by atoms with Crippen molar-refractivity contribution < 1.29 is 32.3 Å². The molecule has 4 aromatic rings. The number of rotatable bonds is 6. The Morgan fingerprint density at radius 2 is 1.67 bits per heavy atom. The SMILES string of the molecule is O=C(COc1ccc(Cl)cc1[C@H]1c2sc(=O)[nH]c2SC2C3CC(C4C(=O)N(c5ccc(Cl)cc5)C(=O)C34)C21)Nc1cccc(C(F)(F)F)c1. The Morgan fingerprint density at radius 1 is 0.959 bits per heavy atom. The minimum Gasteiger partial charge on any atom is -0.483 e. The van der Waals surface area contributed by atoms with E-state index < -0.39 is 42.0 Å². The van der Waals surface area contributed by atoms with Crippen LogP contribution in [0.25, 0.3) is 0 Å². The number of fused-ring (bicyclic) bond motifs is 9. The molecular weight excluding hydrogens is 722 g/mol. The van der Waals surface area contributed by atoms with E-state index in [1.807, 2.05) is 0 Å². The van der Waals surface area contributed by atoms with Crippen LogP contribution in [0.3, 0.4) is 0 Å². The van der Waals surface area contributed by atoms with Crippen molar-refractivity contribution in [3.8, 4) is 5.75 Å². The summed E-state index contributed by atoms with van der Waals surface area (Å²) in [6.07, 6.45) is -3.91. The predicted molar refractivity (Wildman–Crippen MR) is 179 cm³/mol. The number of carbonyl (C=O) groups excluding carboxylic acids is 3. The summed E-state index contributed by atoms with van der Waals surface area (Å²) < 4.78 is 45.6. The zero-order valence-electron chi connectivity index (χ0n) is 25.0. The minimum absolute atomic E-state index is 0.0337. The number of amides is 3. The maximum atomic E-state index is 14.0. The molecular formula is C34H24Cl2F3N3O5S2. The van der Waals surface area contributed by atoms with E-state index in [0.29, 0.717) is 38.5 Å². The third-order valence-corrected chi connectivity index (χ3v) is 13.0. The second-order valence-corrected chi connectivity index (χ2v) is 15.6. The summed E-state index contributed by atoms with van der Waals surface area (Å²) in [5.74, 6) is -2.83. The molecule has 4 aliphatic rings. The number of aromatic amines is 1. The number of H-pyrrole nitrogens is 1. The number of ether oxygens (including phenoxy) is 1. The molecule has 8 nitrogen and oxygen atoms in total. The second kappa shape index (κ2) is 11.9. The third-order valence-electron chi connectivity index (χ3n) is 9.95. The lowest BCUT2D eigenvalue weighted by atomic mass is 9.68. The minimum atomic E-state index is -4.57. The standard InChI is InChI=1S/C34H24Cl2F3N3O5S2/c35-15-4-7-18(8-5-15)42-31(44)26-20-12-21(27(26)32(42)45)28-25(20)24(29-30(48-28)41-33(46)49-29)19-11-16(36)6-9-22(19)47-13-23(43)40-17-3-1-2-14(10-17)34(37,38)39/h1-11,20-21,24-28H,12-13H2,(H,40,43)(H,41,46)/t20?,21?,24-,25?,26?,27?,28?/m1/s1. The fourth-order valence-corrected chi connectivity index (χ4v) is 11.4. The summed E-state index contributed by atoms with van der Waals surface area (Å²) in [6.45, 7) is -0.517. The Morgan fingerprint density at radius 3 is 2.41 bits per heavy atom. The quantitative estimate of drug-likeness (QED) is 0.199. The molecule has 3 aromatic carbocycles. The predicted octanol–water partition coefficient (Wildman–Crippen LogP) is 7.46. The van der Waals surface area contributed by atoms with E-state index in [1.165, 1.54) is 28.8 Å². The van der Waals surface area contributed by atoms with Crippen LogP contribution in [0.5, 0.6) is 5.75 Å². The molecule has 2 aliphatic carbocycles. The van der Waals surface area contributed by atoms with Crippen molar-refractivity contribution in [1.82, 2.24) is 4.98 Å². The molecule has 0 spiro atoms. The summed E-state index contributed by atoms with van der Waals surface area (Å²) in [6, 6.07) is 15.8. The van der Waals surface area contributed by atoms with E-state index >= 15 is 0 Å². The number of alkyl halides is 3. The molecule has 1 aromatic heterocycles. The van der Waals surface area contributed by atoms with E-state index in [9.17, 15) is 32.3 Å². The zero-order valence-corrected chi connectivity index (χ0v) is 28.1. The molecule has 3 fully saturated rings. The molecule has 3 heterocycles. The third kappa shape index (κ3) is 5.45. The van der Waals surface area contributed by atoms with Crippen molar-refractivity contribution in [3.05, 3.63) is 102 Å². The fraction of sp³-hybridized carbons (Fsp3) is 0.294. The van der Waals surface area contributed by atoms with Gasteiger partial charge in [-0.15, -0.1) is 11.8 Å². The summed E-state index contributed by atoms with van der Waals surface area (Å²) in [7, 11) is 0. The van der Waals surface area contributed by atoms with Gasteiger partial charge < -0.3 is 15.0 Å². The van der Waals surface area contributed by atoms with Crippen molar-refractivity contribution >= 4 is 75.4 Å². The lowest BCUT2D eigenvalue weighted by Gasteiger charge is -2.43. The summed E-state index contributed by atoms with van der Waals surface area (Å²) in [5, 5.41) is 3.90. The summed E-state index contributed by atoms with van der Waals surface area (Å²) >= 11 is 15.2. The number of imide groups is 1. The zero-order chi connectivity index (χ0) is 34.4. The van der Waals surface area contributed by atoms with E-state index in [4.69, 9.17) is 27.9 Å². The normalized spacial score (nSPS) is 26.8. The number of hydrogen-bond donors (Lipinski definition) is 2. The highest BCUT2D eigenvalue weighted by atomic mass is 35.5. The first-order valence-electron chi connectivity index (χ1n) is 15.3. The second-order valence-electron chi connectivity index (χ2n) is 12.5. The first-order valence-corrected chi connectivity index (χ1v) is 17.8. The maximum absolute atomic E-state index is 14.0. The molecule has 49 heavy (non-hydrogen) atoms. The van der Waals surface area contributed by atoms with Crippen molar-refractivity contribution in [2.45, 2.75) is 28.8 Å². The smallest absolute Gasteiger partial charge is 0.416 e. The monoisotopic (exact) mass is 745 g/mol. The van der Waals surface area contributed by atoms with Crippen LogP contribution in [0, 0.1) is 29.6 Å². The first-order chi connectivity index (χ1) is 23.4. The van der Waals surface area contributed by atoms with Gasteiger partial charge in [-0.3, -0.25) is 24.1 Å². The molecule has 1 saturated heterocycles. The van der Waals surface area contributed by atoms with Crippen LogP contribution in [-0.2, 0) is 20.6 Å². The Balaban J connectivity index is 1.11.